The van der Waals surface area contributed by atoms with Crippen molar-refractivity contribution in [3.05, 3.63) is 36.4 Å². The van der Waals surface area contributed by atoms with Crippen molar-refractivity contribution < 1.29 is 4.74 Å². The van der Waals surface area contributed by atoms with Crippen LogP contribution in [0.1, 0.15) is 12.5 Å². The van der Waals surface area contributed by atoms with Crippen LogP contribution in [0.2, 0.25) is 0 Å². The van der Waals surface area contributed by atoms with E-state index in [0.29, 0.717) is 0 Å². The van der Waals surface area contributed by atoms with Gasteiger partial charge in [-0.05, 0) is 32.8 Å². The second kappa shape index (κ2) is 7.43. The molecule has 0 saturated carbocycles. The Labute approximate surface area is 107 Å². The zero-order valence-electron chi connectivity index (χ0n) is 11.1. The number of hydrogen-bond acceptors (Lipinski definition) is 2. The van der Waals surface area contributed by atoms with Gasteiger partial charge in [-0.25, -0.2) is 0 Å². The third-order valence-electron chi connectivity index (χ3n) is 2.54. The molecule has 1 rings (SSSR count). The van der Waals surface area contributed by atoms with E-state index >= 15 is 0 Å². The van der Waals surface area contributed by atoms with E-state index in [0.717, 1.165) is 19.0 Å². The predicted molar refractivity (Wildman–Crippen MR) is 77.0 cm³/mol. The first-order valence-electron chi connectivity index (χ1n) is 5.97. The Balaban J connectivity index is 2.75. The molecule has 3 heteroatoms. The van der Waals surface area contributed by atoms with Crippen LogP contribution in [0.5, 0.6) is 0 Å². The SMILES string of the molecule is C=Cc1ccc([Si](COCC)CN(C)C)cc1. The summed E-state index contributed by atoms with van der Waals surface area (Å²) < 4.78 is 5.61. The van der Waals surface area contributed by atoms with Gasteiger partial charge in [-0.1, -0.05) is 42.1 Å². The Morgan fingerprint density at radius 2 is 1.94 bits per heavy atom. The number of rotatable bonds is 7. The van der Waals surface area contributed by atoms with Crippen LogP contribution < -0.4 is 5.19 Å². The molecule has 0 N–H and O–H groups in total. The van der Waals surface area contributed by atoms with Gasteiger partial charge in [0.15, 0.2) is 0 Å². The maximum Gasteiger partial charge on any atom is 0.132 e. The molecule has 0 saturated heterocycles. The number of benzene rings is 1. The second-order valence-corrected chi connectivity index (χ2v) is 6.69. The van der Waals surface area contributed by atoms with Gasteiger partial charge in [0.2, 0.25) is 0 Å². The second-order valence-electron chi connectivity index (χ2n) is 4.30. The fourth-order valence-corrected chi connectivity index (χ4v) is 3.97. The molecule has 0 aromatic heterocycles. The van der Waals surface area contributed by atoms with Gasteiger partial charge in [0.25, 0.3) is 0 Å². The molecule has 0 fully saturated rings. The summed E-state index contributed by atoms with van der Waals surface area (Å²) >= 11 is 0. The van der Waals surface area contributed by atoms with Crippen LogP contribution in [0.25, 0.3) is 6.08 Å². The van der Waals surface area contributed by atoms with Gasteiger partial charge >= 0.3 is 0 Å². The van der Waals surface area contributed by atoms with Gasteiger partial charge in [-0.3, -0.25) is 0 Å². The van der Waals surface area contributed by atoms with Crippen molar-refractivity contribution in [2.75, 3.05) is 33.1 Å². The van der Waals surface area contributed by atoms with E-state index in [2.05, 4.69) is 56.8 Å². The molecule has 0 aliphatic heterocycles. The standard InChI is InChI=1S/C14H22NOSi/c1-5-13-7-9-14(10-8-13)17(11-15(3)4)12-16-6-2/h5,7-10H,1,6,11-12H2,2-4H3. The Hall–Kier alpha value is -0.903. The van der Waals surface area contributed by atoms with E-state index in [1.165, 1.54) is 10.8 Å². The largest absolute Gasteiger partial charge is 0.385 e. The Kier molecular flexibility index (Phi) is 6.19. The lowest BCUT2D eigenvalue weighted by molar-refractivity contribution is 0.190. The first-order chi connectivity index (χ1) is 8.17. The number of hydrogen-bond donors (Lipinski definition) is 0. The maximum absolute atomic E-state index is 5.61. The molecule has 0 amide bonds. The monoisotopic (exact) mass is 248 g/mol. The summed E-state index contributed by atoms with van der Waals surface area (Å²) in [5.41, 5.74) is 1.18. The third-order valence-corrected chi connectivity index (χ3v) is 5.26. The summed E-state index contributed by atoms with van der Waals surface area (Å²) in [6, 6.07) is 8.70. The molecule has 0 atom stereocenters. The van der Waals surface area contributed by atoms with E-state index in [9.17, 15) is 0 Å². The summed E-state index contributed by atoms with van der Waals surface area (Å²) in [6.45, 7) is 6.63. The van der Waals surface area contributed by atoms with Crippen LogP contribution in [0.4, 0.5) is 0 Å². The average molecular weight is 248 g/mol. The van der Waals surface area contributed by atoms with E-state index in [4.69, 9.17) is 4.74 Å². The normalized spacial score (nSPS) is 11.1. The van der Waals surface area contributed by atoms with E-state index < -0.39 is 8.80 Å². The van der Waals surface area contributed by atoms with Gasteiger partial charge < -0.3 is 9.64 Å². The zero-order valence-corrected chi connectivity index (χ0v) is 12.1. The highest BCUT2D eigenvalue weighted by Crippen LogP contribution is 2.00. The summed E-state index contributed by atoms with van der Waals surface area (Å²) in [7, 11) is 3.60. The van der Waals surface area contributed by atoms with E-state index in [1.54, 1.807) is 0 Å². The van der Waals surface area contributed by atoms with Crippen molar-refractivity contribution in [3.63, 3.8) is 0 Å². The lowest BCUT2D eigenvalue weighted by Crippen LogP contribution is -2.44. The first-order valence-corrected chi connectivity index (χ1v) is 7.88. The third kappa shape index (κ3) is 4.85. The van der Waals surface area contributed by atoms with E-state index in [1.807, 2.05) is 6.08 Å². The van der Waals surface area contributed by atoms with E-state index in [-0.39, 0.29) is 0 Å². The quantitative estimate of drug-likeness (QED) is 0.681. The molecule has 1 aromatic rings. The van der Waals surface area contributed by atoms with Gasteiger partial charge in [-0.15, -0.1) is 0 Å². The van der Waals surface area contributed by atoms with Gasteiger partial charge in [0.1, 0.15) is 8.80 Å². The molecule has 0 aliphatic rings. The molecule has 0 aliphatic carbocycles. The number of ether oxygens (including phenoxy) is 1. The number of nitrogens with zero attached hydrogens (tertiary/aromatic N) is 1. The maximum atomic E-state index is 5.61. The van der Waals surface area contributed by atoms with Gasteiger partial charge in [0.05, 0.1) is 0 Å². The van der Waals surface area contributed by atoms with Gasteiger partial charge in [0, 0.05) is 12.8 Å². The predicted octanol–water partition coefficient (Wildman–Crippen LogP) is 1.71. The Morgan fingerprint density at radius 3 is 2.41 bits per heavy atom. The van der Waals surface area contributed by atoms with Crippen molar-refractivity contribution >= 4 is 20.1 Å². The molecule has 1 radical (unpaired) electrons. The summed E-state index contributed by atoms with van der Waals surface area (Å²) in [4.78, 5) is 2.24. The molecular formula is C14H22NOSi. The van der Waals surface area contributed by atoms with Crippen molar-refractivity contribution in [1.82, 2.24) is 4.90 Å². The highest BCUT2D eigenvalue weighted by molar-refractivity contribution is 6.73. The van der Waals surface area contributed by atoms with Crippen LogP contribution in [0, 0.1) is 0 Å². The Morgan fingerprint density at radius 1 is 1.29 bits per heavy atom. The molecule has 1 aromatic carbocycles. The van der Waals surface area contributed by atoms with Crippen molar-refractivity contribution in [2.45, 2.75) is 6.92 Å². The lowest BCUT2D eigenvalue weighted by Gasteiger charge is -2.19. The first kappa shape index (κ1) is 14.2. The van der Waals surface area contributed by atoms with Crippen LogP contribution in [-0.2, 0) is 4.74 Å². The molecule has 17 heavy (non-hydrogen) atoms. The highest BCUT2D eigenvalue weighted by atomic mass is 28.3. The van der Waals surface area contributed by atoms with Crippen LogP contribution in [0.15, 0.2) is 30.8 Å². The van der Waals surface area contributed by atoms with Crippen molar-refractivity contribution in [1.29, 1.82) is 0 Å². The lowest BCUT2D eigenvalue weighted by atomic mass is 10.2. The highest BCUT2D eigenvalue weighted by Gasteiger charge is 2.15. The molecule has 0 unspecified atom stereocenters. The van der Waals surface area contributed by atoms with Crippen molar-refractivity contribution in [3.8, 4) is 0 Å². The molecule has 0 spiro atoms. The van der Waals surface area contributed by atoms with Gasteiger partial charge in [-0.2, -0.15) is 0 Å². The van der Waals surface area contributed by atoms with Crippen LogP contribution in [-0.4, -0.2) is 46.8 Å². The minimum Gasteiger partial charge on any atom is -0.385 e. The molecule has 2 nitrogen and oxygen atoms in total. The fourth-order valence-electron chi connectivity index (χ4n) is 1.68. The minimum atomic E-state index is -0.639. The molecular weight excluding hydrogens is 226 g/mol. The Bertz CT molecular complexity index is 335. The molecule has 0 bridgehead atoms. The smallest absolute Gasteiger partial charge is 0.132 e. The summed E-state index contributed by atoms with van der Waals surface area (Å²) in [5.74, 6) is 0. The fraction of sp³-hybridized carbons (Fsp3) is 0.429. The average Bonchev–Trinajstić information content (AvgIpc) is 2.34. The zero-order chi connectivity index (χ0) is 12.7. The van der Waals surface area contributed by atoms with Crippen LogP contribution in [0.3, 0.4) is 0 Å². The summed E-state index contributed by atoms with van der Waals surface area (Å²) in [5, 5.41) is 1.43. The van der Waals surface area contributed by atoms with Crippen molar-refractivity contribution in [2.24, 2.45) is 0 Å². The molecule has 0 heterocycles. The minimum absolute atomic E-state index is 0.639. The summed E-state index contributed by atoms with van der Waals surface area (Å²) in [6.07, 6.45) is 3.87. The molecule has 93 valence electrons. The van der Waals surface area contributed by atoms with Crippen LogP contribution >= 0.6 is 0 Å². The topological polar surface area (TPSA) is 12.5 Å².